The van der Waals surface area contributed by atoms with Crippen LogP contribution in [0, 0.1) is 12.3 Å². The molecule has 0 aromatic heterocycles. The van der Waals surface area contributed by atoms with Gasteiger partial charge in [-0.3, -0.25) is 29.0 Å². The molecule has 59 heavy (non-hydrogen) atoms. The average molecular weight is 817 g/mol. The molecular formula is C41H48N6O12. The molecule has 0 bridgehead atoms. The predicted octanol–water partition coefficient (Wildman–Crippen LogP) is 4.48. The number of carbonyl (C=O) groups is 8. The summed E-state index contributed by atoms with van der Waals surface area (Å²) in [6.07, 6.45) is 3.40. The lowest BCUT2D eigenvalue weighted by molar-refractivity contribution is -0.152. The van der Waals surface area contributed by atoms with Crippen molar-refractivity contribution in [1.82, 2.24) is 19.6 Å². The highest BCUT2D eigenvalue weighted by Gasteiger charge is 2.48. The Morgan fingerprint density at radius 1 is 0.661 bits per heavy atom. The van der Waals surface area contributed by atoms with Gasteiger partial charge < -0.3 is 29.1 Å². The highest BCUT2D eigenvalue weighted by molar-refractivity contribution is 6.14. The van der Waals surface area contributed by atoms with Crippen LogP contribution >= 0.6 is 0 Å². The summed E-state index contributed by atoms with van der Waals surface area (Å²) in [7, 11) is 0. The fourth-order valence-electron chi connectivity index (χ4n) is 6.76. The number of phenols is 1. The Bertz CT molecular complexity index is 2030. The lowest BCUT2D eigenvalue weighted by Gasteiger charge is -2.34. The number of ether oxygens (including phenoxy) is 3. The Hall–Kier alpha value is -6.64. The van der Waals surface area contributed by atoms with Crippen LogP contribution in [-0.4, -0.2) is 129 Å². The van der Waals surface area contributed by atoms with E-state index in [4.69, 9.17) is 20.6 Å². The molecular weight excluding hydrogens is 768 g/mol. The van der Waals surface area contributed by atoms with Gasteiger partial charge in [0.05, 0.1) is 0 Å². The predicted molar refractivity (Wildman–Crippen MR) is 210 cm³/mol. The van der Waals surface area contributed by atoms with Crippen molar-refractivity contribution >= 4 is 59.3 Å². The summed E-state index contributed by atoms with van der Waals surface area (Å²) in [5.74, 6) is 0.315. The van der Waals surface area contributed by atoms with Gasteiger partial charge in [0.15, 0.2) is 0 Å². The van der Waals surface area contributed by atoms with E-state index in [-0.39, 0.29) is 56.6 Å². The highest BCUT2D eigenvalue weighted by Crippen LogP contribution is 2.30. The van der Waals surface area contributed by atoms with Crippen LogP contribution in [0.5, 0.6) is 11.5 Å². The Labute approximate surface area is 341 Å². The van der Waals surface area contributed by atoms with Crippen molar-refractivity contribution in [3.05, 3.63) is 48.5 Å². The molecule has 10 amide bonds. The van der Waals surface area contributed by atoms with Crippen LogP contribution in [0.3, 0.4) is 0 Å². The monoisotopic (exact) mass is 816 g/mol. The zero-order valence-electron chi connectivity index (χ0n) is 33.8. The molecule has 1 N–H and O–H groups in total. The summed E-state index contributed by atoms with van der Waals surface area (Å²) in [5, 5.41) is 9.40. The van der Waals surface area contributed by atoms with Crippen LogP contribution in [0.15, 0.2) is 48.5 Å². The van der Waals surface area contributed by atoms with Gasteiger partial charge in [-0.15, -0.1) is 6.42 Å². The van der Waals surface area contributed by atoms with E-state index < -0.39 is 59.1 Å². The number of imide groups is 6. The molecule has 0 spiro atoms. The lowest BCUT2D eigenvalue weighted by Crippen LogP contribution is -2.57. The third kappa shape index (κ3) is 10.1. The third-order valence-corrected chi connectivity index (χ3v) is 9.39. The van der Waals surface area contributed by atoms with Crippen LogP contribution in [-0.2, 0) is 28.7 Å². The number of carbonyl (C=O) groups excluding carboxylic acids is 8. The number of hydrogen-bond donors (Lipinski definition) is 1. The standard InChI is InChI=1S/C22H25N3O6.C19H23N3O6/c1-5-14-30-16-8-6-15(7-9-16)23-12-13-24(20(23)28)17-10-11-18(26)25(19(17)27)21(29)31-22(2,3)4;1-19(2,3)28-18(27)22-15(24)9-8-14(16(22)25)21-11-10-20(17(21)26)12-4-6-13(23)7-5-12/h1,6-9,17H,10-14H2,2-4H3;4-7,14,23H,8-11H2,1-3H3. The maximum Gasteiger partial charge on any atom is 0.424 e. The van der Waals surface area contributed by atoms with E-state index in [1.807, 2.05) is 0 Å². The zero-order valence-corrected chi connectivity index (χ0v) is 33.8. The first-order valence-electron chi connectivity index (χ1n) is 19.0. The second kappa shape index (κ2) is 17.5. The van der Waals surface area contributed by atoms with Gasteiger partial charge in [-0.05, 0) is 103 Å². The van der Waals surface area contributed by atoms with Crippen LogP contribution in [0.4, 0.5) is 30.6 Å². The number of anilines is 2. The number of terminal acetylenes is 1. The molecule has 2 unspecified atom stereocenters. The molecule has 18 heteroatoms. The van der Waals surface area contributed by atoms with Gasteiger partial charge in [-0.1, -0.05) is 5.92 Å². The molecule has 4 fully saturated rings. The Kier molecular flexibility index (Phi) is 12.9. The van der Waals surface area contributed by atoms with E-state index >= 15 is 0 Å². The van der Waals surface area contributed by atoms with E-state index in [1.165, 1.54) is 31.7 Å². The summed E-state index contributed by atoms with van der Waals surface area (Å²) >= 11 is 0. The summed E-state index contributed by atoms with van der Waals surface area (Å²) in [6.45, 7) is 11.3. The van der Waals surface area contributed by atoms with Gasteiger partial charge >= 0.3 is 24.2 Å². The first kappa shape index (κ1) is 43.5. The van der Waals surface area contributed by atoms with Crippen LogP contribution in [0.2, 0.25) is 0 Å². The number of hydrogen-bond acceptors (Lipinski definition) is 12. The average Bonchev–Trinajstić information content (AvgIpc) is 3.72. The number of urea groups is 2. The topological polar surface area (TPSA) is 204 Å². The van der Waals surface area contributed by atoms with E-state index in [2.05, 4.69) is 5.92 Å². The van der Waals surface area contributed by atoms with Crippen molar-refractivity contribution in [3.8, 4) is 23.8 Å². The van der Waals surface area contributed by atoms with Crippen molar-refractivity contribution in [2.24, 2.45) is 0 Å². The van der Waals surface area contributed by atoms with E-state index in [0.717, 1.165) is 0 Å². The number of piperidine rings is 2. The minimum atomic E-state index is -1.02. The largest absolute Gasteiger partial charge is 0.508 e. The fraction of sp³-hybridized carbons (Fsp3) is 0.463. The number of phenolic OH excluding ortho intramolecular Hbond substituents is 1. The second-order valence-corrected chi connectivity index (χ2v) is 16.0. The normalized spacial score (nSPS) is 20.1. The summed E-state index contributed by atoms with van der Waals surface area (Å²) in [4.78, 5) is 108. The van der Waals surface area contributed by atoms with E-state index in [9.17, 15) is 43.5 Å². The van der Waals surface area contributed by atoms with Crippen molar-refractivity contribution in [1.29, 1.82) is 0 Å². The van der Waals surface area contributed by atoms with Gasteiger partial charge in [0, 0.05) is 50.4 Å². The molecule has 0 radical (unpaired) electrons. The van der Waals surface area contributed by atoms with Gasteiger partial charge in [0.2, 0.25) is 11.8 Å². The quantitative estimate of drug-likeness (QED) is 0.317. The smallest absolute Gasteiger partial charge is 0.424 e. The number of likely N-dealkylation sites (tertiary alicyclic amines) is 2. The maximum absolute atomic E-state index is 13.0. The molecule has 0 saturated carbocycles. The molecule has 18 nitrogen and oxygen atoms in total. The molecule has 2 aromatic rings. The number of rotatable bonds is 6. The second-order valence-electron chi connectivity index (χ2n) is 16.0. The van der Waals surface area contributed by atoms with Crippen molar-refractivity contribution in [3.63, 3.8) is 0 Å². The van der Waals surface area contributed by atoms with Gasteiger partial charge in [0.25, 0.3) is 11.8 Å². The molecule has 2 atom stereocenters. The molecule has 314 valence electrons. The molecule has 4 heterocycles. The Balaban J connectivity index is 0.000000225. The molecule has 0 aliphatic carbocycles. The fourth-order valence-corrected chi connectivity index (χ4v) is 6.76. The lowest BCUT2D eigenvalue weighted by atomic mass is 10.0. The van der Waals surface area contributed by atoms with E-state index in [1.54, 1.807) is 77.9 Å². The van der Waals surface area contributed by atoms with E-state index in [0.29, 0.717) is 46.6 Å². The third-order valence-electron chi connectivity index (χ3n) is 9.39. The van der Waals surface area contributed by atoms with Gasteiger partial charge in [0.1, 0.15) is 41.4 Å². The SMILES string of the molecule is C#CCOc1ccc(N2CCN(C3CCC(=O)N(C(=O)OC(C)(C)C)C3=O)C2=O)cc1.CC(C)(C)OC(=O)N1C(=O)CCC(N2CCN(c3ccc(O)cc3)C2=O)C1=O. The highest BCUT2D eigenvalue weighted by atomic mass is 16.6. The van der Waals surface area contributed by atoms with Crippen molar-refractivity contribution in [2.75, 3.05) is 42.6 Å². The van der Waals surface area contributed by atoms with Crippen LogP contribution in [0.1, 0.15) is 67.2 Å². The first-order chi connectivity index (χ1) is 27.7. The van der Waals surface area contributed by atoms with Gasteiger partial charge in [-0.2, -0.15) is 9.80 Å². The Morgan fingerprint density at radius 2 is 1.05 bits per heavy atom. The van der Waals surface area contributed by atoms with Crippen LogP contribution < -0.4 is 14.5 Å². The summed E-state index contributed by atoms with van der Waals surface area (Å²) in [6, 6.07) is 10.5. The Morgan fingerprint density at radius 3 is 1.42 bits per heavy atom. The molecule has 4 aliphatic rings. The minimum Gasteiger partial charge on any atom is -0.508 e. The number of amides is 10. The maximum atomic E-state index is 13.0. The van der Waals surface area contributed by atoms with Crippen LogP contribution in [0.25, 0.3) is 0 Å². The van der Waals surface area contributed by atoms with Crippen molar-refractivity contribution < 1.29 is 57.7 Å². The molecule has 2 aromatic carbocycles. The summed E-state index contributed by atoms with van der Waals surface area (Å²) in [5.41, 5.74) is -0.484. The number of benzene rings is 2. The zero-order chi connectivity index (χ0) is 43.4. The molecule has 4 saturated heterocycles. The number of nitrogens with zero attached hydrogens (tertiary/aromatic N) is 6. The summed E-state index contributed by atoms with van der Waals surface area (Å²) < 4.78 is 15.7. The van der Waals surface area contributed by atoms with Crippen molar-refractivity contribution in [2.45, 2.75) is 90.5 Å². The van der Waals surface area contributed by atoms with Gasteiger partial charge in [-0.25, -0.2) is 19.2 Å². The molecule has 6 rings (SSSR count). The first-order valence-corrected chi connectivity index (χ1v) is 19.0. The molecule has 4 aliphatic heterocycles. The minimum absolute atomic E-state index is 0.0271. The number of aromatic hydroxyl groups is 1.